The molecular weight excluding hydrogens is 423 g/mol. The van der Waals surface area contributed by atoms with Crippen molar-refractivity contribution in [1.82, 2.24) is 0 Å². The molecule has 0 radical (unpaired) electrons. The van der Waals surface area contributed by atoms with Gasteiger partial charge in [0.25, 0.3) is 5.91 Å². The molecule has 162 valence electrons. The first kappa shape index (κ1) is 21.8. The minimum Gasteiger partial charge on any atom is -0.497 e. The van der Waals surface area contributed by atoms with Crippen molar-refractivity contribution < 1.29 is 13.9 Å². The molecule has 0 unspecified atom stereocenters. The lowest BCUT2D eigenvalue weighted by atomic mass is 10.1. The Morgan fingerprint density at radius 2 is 1.66 bits per heavy atom. The zero-order chi connectivity index (χ0) is 22.7. The molecule has 0 saturated heterocycles. The average Bonchev–Trinajstić information content (AvgIpc) is 3.08. The van der Waals surface area contributed by atoms with Gasteiger partial charge in [-0.15, -0.1) is 0 Å². The maximum absolute atomic E-state index is 13.4. The van der Waals surface area contributed by atoms with E-state index in [1.165, 1.54) is 23.9 Å². The second-order valence-electron chi connectivity index (χ2n) is 7.60. The van der Waals surface area contributed by atoms with Crippen molar-refractivity contribution in [3.05, 3.63) is 100 Å². The molecule has 0 spiro atoms. The summed E-state index contributed by atoms with van der Waals surface area (Å²) in [5, 5.41) is 0.601. The number of halogens is 1. The van der Waals surface area contributed by atoms with Gasteiger partial charge < -0.3 is 4.74 Å². The summed E-state index contributed by atoms with van der Waals surface area (Å²) in [6, 6.07) is 19.9. The number of carbonyl (C=O) groups is 1. The van der Waals surface area contributed by atoms with Crippen LogP contribution in [-0.2, 0) is 10.5 Å². The Hall–Kier alpha value is -3.38. The quantitative estimate of drug-likeness (QED) is 0.443. The molecule has 6 heteroatoms. The first-order valence-electron chi connectivity index (χ1n) is 10.2. The lowest BCUT2D eigenvalue weighted by molar-refractivity contribution is -0.113. The molecule has 1 aliphatic heterocycles. The molecule has 4 nitrogen and oxygen atoms in total. The number of anilines is 1. The zero-order valence-corrected chi connectivity index (χ0v) is 18.9. The van der Waals surface area contributed by atoms with Gasteiger partial charge in [-0.2, -0.15) is 0 Å². The maximum atomic E-state index is 13.4. The van der Waals surface area contributed by atoms with Crippen LogP contribution in [0.3, 0.4) is 0 Å². The van der Waals surface area contributed by atoms with Gasteiger partial charge in [0, 0.05) is 5.75 Å². The highest BCUT2D eigenvalue weighted by Crippen LogP contribution is 2.32. The molecule has 0 bridgehead atoms. The SMILES string of the molecule is COc1ccc(/C=C2/N=C(SCc3ccc(F)cc3)N(c3cc(C)cc(C)c3)C2=O)cc1. The number of thioether (sulfide) groups is 1. The number of nitrogens with zero attached hydrogens (tertiary/aromatic N) is 2. The van der Waals surface area contributed by atoms with E-state index in [4.69, 9.17) is 4.74 Å². The summed E-state index contributed by atoms with van der Waals surface area (Å²) in [7, 11) is 1.62. The number of hydrogen-bond acceptors (Lipinski definition) is 4. The highest BCUT2D eigenvalue weighted by molar-refractivity contribution is 8.13. The van der Waals surface area contributed by atoms with Gasteiger partial charge in [-0.25, -0.2) is 9.38 Å². The number of aliphatic imine (C=N–C) groups is 1. The van der Waals surface area contributed by atoms with Crippen molar-refractivity contribution in [2.24, 2.45) is 4.99 Å². The molecule has 1 amide bonds. The van der Waals surface area contributed by atoms with E-state index in [2.05, 4.69) is 11.1 Å². The van der Waals surface area contributed by atoms with Gasteiger partial charge in [0.2, 0.25) is 0 Å². The van der Waals surface area contributed by atoms with Gasteiger partial charge >= 0.3 is 0 Å². The molecule has 0 saturated carbocycles. The molecule has 0 aliphatic carbocycles. The fourth-order valence-corrected chi connectivity index (χ4v) is 4.46. The van der Waals surface area contributed by atoms with Crippen molar-refractivity contribution >= 4 is 34.6 Å². The highest BCUT2D eigenvalue weighted by atomic mass is 32.2. The monoisotopic (exact) mass is 446 g/mol. The lowest BCUT2D eigenvalue weighted by Crippen LogP contribution is -2.30. The first-order valence-corrected chi connectivity index (χ1v) is 11.2. The van der Waals surface area contributed by atoms with E-state index in [-0.39, 0.29) is 11.7 Å². The molecule has 3 aromatic carbocycles. The number of carbonyl (C=O) groups excluding carboxylic acids is 1. The Morgan fingerprint density at radius 1 is 1.00 bits per heavy atom. The first-order chi connectivity index (χ1) is 15.4. The minimum atomic E-state index is -0.270. The van der Waals surface area contributed by atoms with E-state index >= 15 is 0 Å². The second-order valence-corrected chi connectivity index (χ2v) is 8.54. The van der Waals surface area contributed by atoms with E-state index in [0.29, 0.717) is 16.6 Å². The van der Waals surface area contributed by atoms with Crippen molar-refractivity contribution in [2.75, 3.05) is 12.0 Å². The van der Waals surface area contributed by atoms with Crippen LogP contribution in [0.2, 0.25) is 0 Å². The number of amidine groups is 1. The summed E-state index contributed by atoms with van der Waals surface area (Å²) in [5.41, 5.74) is 5.13. The van der Waals surface area contributed by atoms with Crippen LogP contribution in [0.5, 0.6) is 5.75 Å². The molecule has 4 rings (SSSR count). The molecule has 0 aromatic heterocycles. The van der Waals surface area contributed by atoms with Crippen LogP contribution in [0.1, 0.15) is 22.3 Å². The molecule has 0 fully saturated rings. The molecule has 3 aromatic rings. The molecule has 0 atom stereocenters. The van der Waals surface area contributed by atoms with Gasteiger partial charge in [-0.1, -0.05) is 42.1 Å². The third-order valence-electron chi connectivity index (χ3n) is 4.99. The van der Waals surface area contributed by atoms with E-state index in [9.17, 15) is 9.18 Å². The zero-order valence-electron chi connectivity index (χ0n) is 18.1. The molecule has 1 aliphatic rings. The average molecular weight is 447 g/mol. The highest BCUT2D eigenvalue weighted by Gasteiger charge is 2.32. The van der Waals surface area contributed by atoms with Crippen LogP contribution >= 0.6 is 11.8 Å². The van der Waals surface area contributed by atoms with Crippen molar-refractivity contribution in [3.8, 4) is 5.75 Å². The van der Waals surface area contributed by atoms with E-state index < -0.39 is 0 Å². The summed E-state index contributed by atoms with van der Waals surface area (Å²) < 4.78 is 18.5. The van der Waals surface area contributed by atoms with Crippen LogP contribution in [0.4, 0.5) is 10.1 Å². The van der Waals surface area contributed by atoms with Crippen molar-refractivity contribution in [1.29, 1.82) is 0 Å². The Bertz CT molecular complexity index is 1180. The Labute approximate surface area is 191 Å². The van der Waals surface area contributed by atoms with Gasteiger partial charge in [-0.05, 0) is 78.6 Å². The molecule has 32 heavy (non-hydrogen) atoms. The smallest absolute Gasteiger partial charge is 0.283 e. The van der Waals surface area contributed by atoms with Crippen LogP contribution < -0.4 is 9.64 Å². The maximum Gasteiger partial charge on any atom is 0.283 e. The Morgan fingerprint density at radius 3 is 2.28 bits per heavy atom. The third kappa shape index (κ3) is 4.92. The van der Waals surface area contributed by atoms with Gasteiger partial charge in [0.05, 0.1) is 12.8 Å². The number of ether oxygens (including phenoxy) is 1. The Balaban J connectivity index is 1.67. The topological polar surface area (TPSA) is 41.9 Å². The second kappa shape index (κ2) is 9.40. The van der Waals surface area contributed by atoms with E-state index in [1.807, 2.05) is 50.2 Å². The Kier molecular flexibility index (Phi) is 6.42. The van der Waals surface area contributed by atoms with Crippen LogP contribution in [0.15, 0.2) is 77.4 Å². The molecule has 1 heterocycles. The van der Waals surface area contributed by atoms with Gasteiger partial charge in [-0.3, -0.25) is 9.69 Å². The number of hydrogen-bond donors (Lipinski definition) is 0. The van der Waals surface area contributed by atoms with Crippen LogP contribution in [0.25, 0.3) is 6.08 Å². The summed E-state index contributed by atoms with van der Waals surface area (Å²) in [6.07, 6.45) is 1.78. The number of methoxy groups -OCH3 is 1. The normalized spacial score (nSPS) is 14.8. The predicted octanol–water partition coefficient (Wildman–Crippen LogP) is 6.13. The van der Waals surface area contributed by atoms with E-state index in [0.717, 1.165) is 33.7 Å². The third-order valence-corrected chi connectivity index (χ3v) is 6.00. The fourth-order valence-electron chi connectivity index (χ4n) is 3.49. The summed E-state index contributed by atoms with van der Waals surface area (Å²) in [5.74, 6) is 0.880. The predicted molar refractivity (Wildman–Crippen MR) is 130 cm³/mol. The van der Waals surface area contributed by atoms with Gasteiger partial charge in [0.1, 0.15) is 17.3 Å². The standard InChI is InChI=1S/C26H23FN2O2S/c1-17-12-18(2)14-22(13-17)29-25(30)24(15-19-6-10-23(31-3)11-7-19)28-26(29)32-16-20-4-8-21(27)9-5-20/h4-15H,16H2,1-3H3/b24-15+. The molecular formula is C26H23FN2O2S. The minimum absolute atomic E-state index is 0.174. The molecule has 0 N–H and O–H groups in total. The summed E-state index contributed by atoms with van der Waals surface area (Å²) >= 11 is 1.45. The van der Waals surface area contributed by atoms with Crippen molar-refractivity contribution in [2.45, 2.75) is 19.6 Å². The number of rotatable bonds is 5. The van der Waals surface area contributed by atoms with Crippen molar-refractivity contribution in [3.63, 3.8) is 0 Å². The fraction of sp³-hybridized carbons (Fsp3) is 0.154. The lowest BCUT2D eigenvalue weighted by Gasteiger charge is -2.19. The number of aryl methyl sites for hydroxylation is 2. The van der Waals surface area contributed by atoms with Crippen LogP contribution in [-0.4, -0.2) is 18.2 Å². The summed E-state index contributed by atoms with van der Waals surface area (Å²) in [6.45, 7) is 4.02. The largest absolute Gasteiger partial charge is 0.497 e. The number of amides is 1. The van der Waals surface area contributed by atoms with Gasteiger partial charge in [0.15, 0.2) is 5.17 Å². The van der Waals surface area contributed by atoms with E-state index in [1.54, 1.807) is 30.2 Å². The number of benzene rings is 3. The van der Waals surface area contributed by atoms with Crippen LogP contribution in [0, 0.1) is 19.7 Å². The summed E-state index contributed by atoms with van der Waals surface area (Å²) in [4.78, 5) is 19.7.